The Kier molecular flexibility index (Phi) is 8.66. The van der Waals surface area contributed by atoms with Crippen LogP contribution in [-0.2, 0) is 0 Å². The van der Waals surface area contributed by atoms with Crippen molar-refractivity contribution in [3.05, 3.63) is 62.8 Å². The van der Waals surface area contributed by atoms with Crippen molar-refractivity contribution in [1.82, 2.24) is 0 Å². The molecule has 0 radical (unpaired) electrons. The SMILES string of the molecule is Fc1ccc(OCCCOc2c(Cl)cc(OCC=C(Cl)Cl)cc2Cl)cc1. The molecule has 0 unspecified atom stereocenters. The number of hydrogen-bond acceptors (Lipinski definition) is 3. The number of ether oxygens (including phenoxy) is 3. The maximum absolute atomic E-state index is 12.8. The molecule has 8 heteroatoms. The average molecular weight is 440 g/mol. The average Bonchev–Trinajstić information content (AvgIpc) is 2.58. The molecule has 0 atom stereocenters. The third kappa shape index (κ3) is 7.12. The van der Waals surface area contributed by atoms with Crippen LogP contribution in [0.5, 0.6) is 17.2 Å². The van der Waals surface area contributed by atoms with Crippen LogP contribution in [0.25, 0.3) is 0 Å². The van der Waals surface area contributed by atoms with Crippen LogP contribution in [-0.4, -0.2) is 19.8 Å². The minimum Gasteiger partial charge on any atom is -0.493 e. The molecule has 0 fully saturated rings. The van der Waals surface area contributed by atoms with E-state index in [1.165, 1.54) is 18.2 Å². The second-order valence-electron chi connectivity index (χ2n) is 5.03. The largest absolute Gasteiger partial charge is 0.493 e. The fraction of sp³-hybridized carbons (Fsp3) is 0.222. The van der Waals surface area contributed by atoms with Crippen LogP contribution < -0.4 is 14.2 Å². The summed E-state index contributed by atoms with van der Waals surface area (Å²) in [6.45, 7) is 0.953. The molecule has 0 saturated carbocycles. The Bertz CT molecular complexity index is 724. The maximum Gasteiger partial charge on any atom is 0.156 e. The summed E-state index contributed by atoms with van der Waals surface area (Å²) in [6.07, 6.45) is 2.09. The Morgan fingerprint density at radius 2 is 1.50 bits per heavy atom. The molecule has 0 spiro atoms. The van der Waals surface area contributed by atoms with E-state index >= 15 is 0 Å². The smallest absolute Gasteiger partial charge is 0.156 e. The number of rotatable bonds is 9. The monoisotopic (exact) mass is 438 g/mol. The van der Waals surface area contributed by atoms with Crippen LogP contribution >= 0.6 is 46.4 Å². The Morgan fingerprint density at radius 3 is 2.12 bits per heavy atom. The highest BCUT2D eigenvalue weighted by Crippen LogP contribution is 2.37. The highest BCUT2D eigenvalue weighted by molar-refractivity contribution is 6.55. The van der Waals surface area contributed by atoms with Crippen molar-refractivity contribution in [2.24, 2.45) is 0 Å². The molecule has 0 amide bonds. The normalized spacial score (nSPS) is 10.3. The first-order valence-corrected chi connectivity index (χ1v) is 9.11. The fourth-order valence-corrected chi connectivity index (χ4v) is 2.61. The summed E-state index contributed by atoms with van der Waals surface area (Å²) in [6, 6.07) is 8.99. The van der Waals surface area contributed by atoms with Crippen molar-refractivity contribution in [2.75, 3.05) is 19.8 Å². The van der Waals surface area contributed by atoms with Gasteiger partial charge in [0.15, 0.2) is 5.75 Å². The molecule has 0 N–H and O–H groups in total. The van der Waals surface area contributed by atoms with Gasteiger partial charge >= 0.3 is 0 Å². The van der Waals surface area contributed by atoms with Crippen molar-refractivity contribution in [3.8, 4) is 17.2 Å². The summed E-state index contributed by atoms with van der Waals surface area (Å²) in [4.78, 5) is 0. The van der Waals surface area contributed by atoms with Gasteiger partial charge in [0.2, 0.25) is 0 Å². The van der Waals surface area contributed by atoms with Crippen LogP contribution in [0.3, 0.4) is 0 Å². The molecule has 2 aromatic carbocycles. The summed E-state index contributed by atoms with van der Waals surface area (Å²) in [5, 5.41) is 0.654. The number of hydrogen-bond donors (Lipinski definition) is 0. The van der Waals surface area contributed by atoms with Crippen LogP contribution in [0.15, 0.2) is 47.0 Å². The van der Waals surface area contributed by atoms with Gasteiger partial charge in [-0.3, -0.25) is 0 Å². The van der Waals surface area contributed by atoms with Gasteiger partial charge < -0.3 is 14.2 Å². The minimum atomic E-state index is -0.306. The summed E-state index contributed by atoms with van der Waals surface area (Å²) >= 11 is 23.4. The molecule has 2 rings (SSSR count). The first-order chi connectivity index (χ1) is 12.5. The summed E-state index contributed by atoms with van der Waals surface area (Å²) < 4.78 is 29.4. The predicted molar refractivity (Wildman–Crippen MR) is 104 cm³/mol. The van der Waals surface area contributed by atoms with Crippen molar-refractivity contribution >= 4 is 46.4 Å². The molecule has 0 bridgehead atoms. The van der Waals surface area contributed by atoms with Gasteiger partial charge in [0, 0.05) is 18.6 Å². The number of benzene rings is 2. The van der Waals surface area contributed by atoms with E-state index in [-0.39, 0.29) is 16.9 Å². The van der Waals surface area contributed by atoms with Crippen LogP contribution in [0.4, 0.5) is 4.39 Å². The number of halogens is 5. The summed E-state index contributed by atoms with van der Waals surface area (Å²) in [5.41, 5.74) is 0. The van der Waals surface area contributed by atoms with E-state index in [0.717, 1.165) is 0 Å². The molecule has 0 aliphatic rings. The molecule has 0 heterocycles. The summed E-state index contributed by atoms with van der Waals surface area (Å²) in [7, 11) is 0. The molecule has 0 saturated heterocycles. The minimum absolute atomic E-state index is 0.116. The molecule has 3 nitrogen and oxygen atoms in total. The Morgan fingerprint density at radius 1 is 0.885 bits per heavy atom. The van der Waals surface area contributed by atoms with Crippen LogP contribution in [0.1, 0.15) is 6.42 Å². The van der Waals surface area contributed by atoms with Gasteiger partial charge in [-0.2, -0.15) is 0 Å². The molecule has 0 aromatic heterocycles. The van der Waals surface area contributed by atoms with Crippen LogP contribution in [0.2, 0.25) is 10.0 Å². The quantitative estimate of drug-likeness (QED) is 0.408. The second-order valence-corrected chi connectivity index (χ2v) is 6.85. The van der Waals surface area contributed by atoms with Gasteiger partial charge in [0.25, 0.3) is 0 Å². The first kappa shape index (κ1) is 21.0. The predicted octanol–water partition coefficient (Wildman–Crippen LogP) is 6.68. The summed E-state index contributed by atoms with van der Waals surface area (Å²) in [5.74, 6) is 1.13. The van der Waals surface area contributed by atoms with E-state index in [2.05, 4.69) is 0 Å². The molecule has 140 valence electrons. The lowest BCUT2D eigenvalue weighted by molar-refractivity contribution is 0.247. The van der Waals surface area contributed by atoms with E-state index in [4.69, 9.17) is 60.6 Å². The van der Waals surface area contributed by atoms with E-state index in [1.807, 2.05) is 0 Å². The lowest BCUT2D eigenvalue weighted by Gasteiger charge is -2.12. The third-order valence-corrected chi connectivity index (χ3v) is 3.95. The van der Waals surface area contributed by atoms with Crippen LogP contribution in [0, 0.1) is 5.82 Å². The lowest BCUT2D eigenvalue weighted by atomic mass is 10.3. The maximum atomic E-state index is 12.8. The topological polar surface area (TPSA) is 27.7 Å². The van der Waals surface area contributed by atoms with E-state index in [0.29, 0.717) is 46.9 Å². The Hall–Kier alpha value is -1.33. The molecule has 0 aliphatic carbocycles. The van der Waals surface area contributed by atoms with Gasteiger partial charge in [-0.05, 0) is 30.3 Å². The van der Waals surface area contributed by atoms with Gasteiger partial charge in [-0.15, -0.1) is 0 Å². The zero-order valence-corrected chi connectivity index (χ0v) is 16.5. The van der Waals surface area contributed by atoms with E-state index in [1.54, 1.807) is 24.3 Å². The Labute approximate surface area is 171 Å². The molecular formula is C18H15Cl4FO3. The van der Waals surface area contributed by atoms with E-state index in [9.17, 15) is 4.39 Å². The Balaban J connectivity index is 1.79. The highest BCUT2D eigenvalue weighted by atomic mass is 35.5. The standard InChI is InChI=1S/C18H15Cl4FO3/c19-15-10-14(25-9-6-17(21)22)11-16(20)18(15)26-8-1-7-24-13-4-2-12(23)3-5-13/h2-6,10-11H,1,7-9H2. The van der Waals surface area contributed by atoms with Crippen molar-refractivity contribution < 1.29 is 18.6 Å². The molecule has 26 heavy (non-hydrogen) atoms. The van der Waals surface area contributed by atoms with Gasteiger partial charge in [-0.1, -0.05) is 46.4 Å². The molecule has 0 aliphatic heterocycles. The lowest BCUT2D eigenvalue weighted by Crippen LogP contribution is -2.05. The zero-order chi connectivity index (χ0) is 18.9. The first-order valence-electron chi connectivity index (χ1n) is 7.60. The highest BCUT2D eigenvalue weighted by Gasteiger charge is 2.10. The zero-order valence-electron chi connectivity index (χ0n) is 13.5. The van der Waals surface area contributed by atoms with Gasteiger partial charge in [0.1, 0.15) is 28.4 Å². The van der Waals surface area contributed by atoms with Crippen molar-refractivity contribution in [1.29, 1.82) is 0 Å². The third-order valence-electron chi connectivity index (χ3n) is 3.08. The van der Waals surface area contributed by atoms with Gasteiger partial charge in [-0.25, -0.2) is 4.39 Å². The molecular weight excluding hydrogens is 425 g/mol. The fourth-order valence-electron chi connectivity index (χ4n) is 1.91. The van der Waals surface area contributed by atoms with Crippen molar-refractivity contribution in [3.63, 3.8) is 0 Å². The van der Waals surface area contributed by atoms with Gasteiger partial charge in [0.05, 0.1) is 23.3 Å². The van der Waals surface area contributed by atoms with Crippen molar-refractivity contribution in [2.45, 2.75) is 6.42 Å². The second kappa shape index (κ2) is 10.7. The molecule has 2 aromatic rings. The van der Waals surface area contributed by atoms with E-state index < -0.39 is 0 Å².